The first-order chi connectivity index (χ1) is 11.3. The lowest BCUT2D eigenvalue weighted by Gasteiger charge is -2.31. The van der Waals surface area contributed by atoms with Crippen molar-refractivity contribution >= 4 is 12.0 Å². The molecule has 1 N–H and O–H groups in total. The van der Waals surface area contributed by atoms with Crippen molar-refractivity contribution in [2.45, 2.75) is 38.8 Å². The van der Waals surface area contributed by atoms with Crippen LogP contribution in [0.25, 0.3) is 0 Å². The fourth-order valence-electron chi connectivity index (χ4n) is 2.41. The summed E-state index contributed by atoms with van der Waals surface area (Å²) in [6.07, 6.45) is 3.12. The number of nitrogens with one attached hydrogen (secondary N) is 1. The van der Waals surface area contributed by atoms with Crippen molar-refractivity contribution in [2.75, 3.05) is 26.3 Å². The molecule has 7 heteroatoms. The van der Waals surface area contributed by atoms with Gasteiger partial charge in [-0.3, -0.25) is 9.78 Å². The van der Waals surface area contributed by atoms with E-state index >= 15 is 0 Å². The molecule has 24 heavy (non-hydrogen) atoms. The van der Waals surface area contributed by atoms with E-state index in [1.165, 1.54) is 0 Å². The number of rotatable bonds is 4. The molecule has 2 rings (SSSR count). The van der Waals surface area contributed by atoms with Crippen molar-refractivity contribution in [2.24, 2.45) is 0 Å². The van der Waals surface area contributed by atoms with Crippen LogP contribution in [0, 0.1) is 0 Å². The quantitative estimate of drug-likeness (QED) is 0.899. The Morgan fingerprint density at radius 3 is 2.50 bits per heavy atom. The highest BCUT2D eigenvalue weighted by Crippen LogP contribution is 2.10. The Bertz CT molecular complexity index is 551. The van der Waals surface area contributed by atoms with Crippen LogP contribution in [0.2, 0.25) is 0 Å². The second-order valence-corrected chi connectivity index (χ2v) is 6.70. The maximum atomic E-state index is 12.8. The zero-order valence-electron chi connectivity index (χ0n) is 14.4. The van der Waals surface area contributed by atoms with Gasteiger partial charge in [-0.2, -0.15) is 0 Å². The van der Waals surface area contributed by atoms with Crippen LogP contribution in [0.15, 0.2) is 24.5 Å². The minimum Gasteiger partial charge on any atom is -0.444 e. The largest absolute Gasteiger partial charge is 0.444 e. The third kappa shape index (κ3) is 5.81. The van der Waals surface area contributed by atoms with Crippen LogP contribution in [0.4, 0.5) is 4.79 Å². The SMILES string of the molecule is CC(C)(C)OC(=O)N[C@@H](Cc1ccncc1)C(=O)N1CCOCC1. The van der Waals surface area contributed by atoms with E-state index in [1.807, 2.05) is 12.1 Å². The number of alkyl carbamates (subject to hydrolysis) is 1. The van der Waals surface area contributed by atoms with Gasteiger partial charge in [-0.25, -0.2) is 4.79 Å². The smallest absolute Gasteiger partial charge is 0.408 e. The Labute approximate surface area is 142 Å². The molecule has 0 saturated carbocycles. The molecule has 1 aliphatic rings. The molecule has 0 unspecified atom stereocenters. The summed E-state index contributed by atoms with van der Waals surface area (Å²) in [5, 5.41) is 2.71. The summed E-state index contributed by atoms with van der Waals surface area (Å²) in [4.78, 5) is 30.6. The van der Waals surface area contributed by atoms with Crippen molar-refractivity contribution in [1.82, 2.24) is 15.2 Å². The van der Waals surface area contributed by atoms with E-state index < -0.39 is 17.7 Å². The number of carbonyl (C=O) groups excluding carboxylic acids is 2. The van der Waals surface area contributed by atoms with Crippen LogP contribution < -0.4 is 5.32 Å². The Balaban J connectivity index is 2.08. The predicted octanol–water partition coefficient (Wildman–Crippen LogP) is 1.38. The lowest BCUT2D eigenvalue weighted by molar-refractivity contribution is -0.137. The molecular formula is C17H25N3O4. The summed E-state index contributed by atoms with van der Waals surface area (Å²) in [6, 6.07) is 2.98. The standard InChI is InChI=1S/C17H25N3O4/c1-17(2,3)24-16(22)19-14(12-13-4-6-18-7-5-13)15(21)20-8-10-23-11-9-20/h4-7,14H,8-12H2,1-3H3,(H,19,22)/t14-/m0/s1. The van der Waals surface area contributed by atoms with Crippen molar-refractivity contribution in [3.05, 3.63) is 30.1 Å². The molecule has 1 aromatic heterocycles. The summed E-state index contributed by atoms with van der Waals surface area (Å²) in [5.74, 6) is -0.124. The van der Waals surface area contributed by atoms with Gasteiger partial charge < -0.3 is 19.7 Å². The Kier molecular flexibility index (Phi) is 6.14. The Hall–Kier alpha value is -2.15. The van der Waals surface area contributed by atoms with Gasteiger partial charge in [0.15, 0.2) is 0 Å². The van der Waals surface area contributed by atoms with Gasteiger partial charge in [0.05, 0.1) is 13.2 Å². The molecular weight excluding hydrogens is 310 g/mol. The van der Waals surface area contributed by atoms with Gasteiger partial charge in [0.25, 0.3) is 0 Å². The molecule has 1 atom stereocenters. The topological polar surface area (TPSA) is 80.8 Å². The van der Waals surface area contributed by atoms with E-state index in [9.17, 15) is 9.59 Å². The number of nitrogens with zero attached hydrogens (tertiary/aromatic N) is 2. The molecule has 0 aliphatic carbocycles. The normalized spacial score (nSPS) is 16.4. The Morgan fingerprint density at radius 2 is 1.92 bits per heavy atom. The maximum Gasteiger partial charge on any atom is 0.408 e. The molecule has 1 aliphatic heterocycles. The van der Waals surface area contributed by atoms with Gasteiger partial charge in [-0.05, 0) is 38.5 Å². The van der Waals surface area contributed by atoms with Gasteiger partial charge in [-0.1, -0.05) is 0 Å². The number of hydrogen-bond acceptors (Lipinski definition) is 5. The van der Waals surface area contributed by atoms with Crippen LogP contribution >= 0.6 is 0 Å². The van der Waals surface area contributed by atoms with E-state index in [2.05, 4.69) is 10.3 Å². The zero-order chi connectivity index (χ0) is 17.6. The minimum atomic E-state index is -0.680. The van der Waals surface area contributed by atoms with E-state index in [1.54, 1.807) is 38.1 Å². The van der Waals surface area contributed by atoms with Crippen LogP contribution in [0.5, 0.6) is 0 Å². The van der Waals surface area contributed by atoms with E-state index in [0.29, 0.717) is 32.7 Å². The first-order valence-corrected chi connectivity index (χ1v) is 8.10. The van der Waals surface area contributed by atoms with E-state index in [4.69, 9.17) is 9.47 Å². The molecule has 2 amide bonds. The average Bonchev–Trinajstić information content (AvgIpc) is 2.53. The molecule has 2 heterocycles. The summed E-state index contributed by atoms with van der Waals surface area (Å²) in [5.41, 5.74) is 0.306. The number of aromatic nitrogens is 1. The molecule has 0 bridgehead atoms. The van der Waals surface area contributed by atoms with Gasteiger partial charge in [0, 0.05) is 31.9 Å². The number of carbonyl (C=O) groups is 2. The zero-order valence-corrected chi connectivity index (χ0v) is 14.4. The van der Waals surface area contributed by atoms with Crippen LogP contribution in [-0.4, -0.2) is 59.8 Å². The molecule has 1 aromatic rings. The van der Waals surface area contributed by atoms with Crippen LogP contribution in [0.1, 0.15) is 26.3 Å². The summed E-state index contributed by atoms with van der Waals surface area (Å²) >= 11 is 0. The lowest BCUT2D eigenvalue weighted by atomic mass is 10.1. The van der Waals surface area contributed by atoms with E-state index in [0.717, 1.165) is 5.56 Å². The fourth-order valence-corrected chi connectivity index (χ4v) is 2.41. The van der Waals surface area contributed by atoms with E-state index in [-0.39, 0.29) is 5.91 Å². The number of amides is 2. The molecule has 1 fully saturated rings. The van der Waals surface area contributed by atoms with Gasteiger partial charge in [0.1, 0.15) is 11.6 Å². The van der Waals surface area contributed by atoms with Crippen molar-refractivity contribution in [3.8, 4) is 0 Å². The highest BCUT2D eigenvalue weighted by Gasteiger charge is 2.29. The van der Waals surface area contributed by atoms with Gasteiger partial charge in [-0.15, -0.1) is 0 Å². The number of ether oxygens (including phenoxy) is 2. The molecule has 1 saturated heterocycles. The van der Waals surface area contributed by atoms with Crippen molar-refractivity contribution in [1.29, 1.82) is 0 Å². The number of hydrogen-bond donors (Lipinski definition) is 1. The molecule has 0 radical (unpaired) electrons. The van der Waals surface area contributed by atoms with Crippen LogP contribution in [-0.2, 0) is 20.7 Å². The number of pyridine rings is 1. The molecule has 0 spiro atoms. The second-order valence-electron chi connectivity index (χ2n) is 6.70. The second kappa shape index (κ2) is 8.10. The molecule has 7 nitrogen and oxygen atoms in total. The monoisotopic (exact) mass is 335 g/mol. The summed E-state index contributed by atoms with van der Waals surface area (Å²) < 4.78 is 10.6. The van der Waals surface area contributed by atoms with Gasteiger partial charge >= 0.3 is 6.09 Å². The molecule has 0 aromatic carbocycles. The fraction of sp³-hybridized carbons (Fsp3) is 0.588. The highest BCUT2D eigenvalue weighted by atomic mass is 16.6. The third-order valence-electron chi connectivity index (χ3n) is 3.50. The predicted molar refractivity (Wildman–Crippen MR) is 88.5 cm³/mol. The van der Waals surface area contributed by atoms with Crippen LogP contribution in [0.3, 0.4) is 0 Å². The Morgan fingerprint density at radius 1 is 1.29 bits per heavy atom. The highest BCUT2D eigenvalue weighted by molar-refractivity contribution is 5.86. The van der Waals surface area contributed by atoms with Gasteiger partial charge in [0.2, 0.25) is 5.91 Å². The van der Waals surface area contributed by atoms with Crippen molar-refractivity contribution < 1.29 is 19.1 Å². The average molecular weight is 335 g/mol. The summed E-state index contributed by atoms with van der Waals surface area (Å²) in [7, 11) is 0. The third-order valence-corrected chi connectivity index (χ3v) is 3.50. The minimum absolute atomic E-state index is 0.124. The summed E-state index contributed by atoms with van der Waals surface area (Å²) in [6.45, 7) is 7.44. The lowest BCUT2D eigenvalue weighted by Crippen LogP contribution is -2.53. The number of morpholine rings is 1. The molecule has 132 valence electrons. The van der Waals surface area contributed by atoms with Crippen molar-refractivity contribution in [3.63, 3.8) is 0 Å². The first-order valence-electron chi connectivity index (χ1n) is 8.10. The first kappa shape index (κ1) is 18.2. The maximum absolute atomic E-state index is 12.8.